The van der Waals surface area contributed by atoms with Gasteiger partial charge in [-0.05, 0) is 56.4 Å². The highest BCUT2D eigenvalue weighted by molar-refractivity contribution is 5.39. The fraction of sp³-hybridized carbons (Fsp3) is 0.562. The van der Waals surface area contributed by atoms with Crippen molar-refractivity contribution in [3.63, 3.8) is 0 Å². The topological polar surface area (TPSA) is 27.0 Å². The standard InChI is InChI=1S/C16H22N2/c1-2-3-10-18-11-8-14(9-12-18)16-7-5-4-6-15(16)13-17/h4-7,14H,2-3,8-12H2,1H3. The van der Waals surface area contributed by atoms with Crippen LogP contribution >= 0.6 is 0 Å². The van der Waals surface area contributed by atoms with Crippen molar-refractivity contribution in [1.82, 2.24) is 4.90 Å². The average Bonchev–Trinajstić information content (AvgIpc) is 2.45. The van der Waals surface area contributed by atoms with E-state index < -0.39 is 0 Å². The van der Waals surface area contributed by atoms with Crippen LogP contribution in [0.5, 0.6) is 0 Å². The fourth-order valence-corrected chi connectivity index (χ4v) is 2.80. The molecule has 1 heterocycles. The second-order valence-electron chi connectivity index (χ2n) is 5.17. The van der Waals surface area contributed by atoms with E-state index in [0.717, 1.165) is 5.56 Å². The van der Waals surface area contributed by atoms with Gasteiger partial charge < -0.3 is 4.90 Å². The number of benzene rings is 1. The first-order valence-corrected chi connectivity index (χ1v) is 7.06. The quantitative estimate of drug-likeness (QED) is 0.807. The lowest BCUT2D eigenvalue weighted by molar-refractivity contribution is 0.209. The molecule has 1 fully saturated rings. The number of hydrogen-bond acceptors (Lipinski definition) is 2. The molecule has 0 radical (unpaired) electrons. The molecule has 2 nitrogen and oxygen atoms in total. The van der Waals surface area contributed by atoms with Gasteiger partial charge in [-0.25, -0.2) is 0 Å². The number of rotatable bonds is 4. The van der Waals surface area contributed by atoms with Crippen LogP contribution in [-0.4, -0.2) is 24.5 Å². The lowest BCUT2D eigenvalue weighted by Gasteiger charge is -2.32. The van der Waals surface area contributed by atoms with Crippen molar-refractivity contribution in [2.75, 3.05) is 19.6 Å². The van der Waals surface area contributed by atoms with Crippen LogP contribution in [0.4, 0.5) is 0 Å². The first-order chi connectivity index (χ1) is 8.85. The Morgan fingerprint density at radius 3 is 2.67 bits per heavy atom. The van der Waals surface area contributed by atoms with E-state index in [4.69, 9.17) is 5.26 Å². The summed E-state index contributed by atoms with van der Waals surface area (Å²) in [6.07, 6.45) is 4.97. The third-order valence-corrected chi connectivity index (χ3v) is 3.94. The number of hydrogen-bond donors (Lipinski definition) is 0. The Hall–Kier alpha value is -1.33. The van der Waals surface area contributed by atoms with E-state index in [1.54, 1.807) is 0 Å². The Morgan fingerprint density at radius 2 is 2.00 bits per heavy atom. The molecule has 0 unspecified atom stereocenters. The molecule has 1 aromatic carbocycles. The molecule has 1 aromatic rings. The van der Waals surface area contributed by atoms with Gasteiger partial charge in [0.15, 0.2) is 0 Å². The maximum absolute atomic E-state index is 9.16. The van der Waals surface area contributed by atoms with Gasteiger partial charge in [-0.1, -0.05) is 31.5 Å². The van der Waals surface area contributed by atoms with Gasteiger partial charge in [-0.15, -0.1) is 0 Å². The van der Waals surface area contributed by atoms with E-state index in [9.17, 15) is 0 Å². The van der Waals surface area contributed by atoms with Gasteiger partial charge in [0.2, 0.25) is 0 Å². The molecule has 0 amide bonds. The largest absolute Gasteiger partial charge is 0.303 e. The zero-order valence-electron chi connectivity index (χ0n) is 11.2. The van der Waals surface area contributed by atoms with Gasteiger partial charge in [0.1, 0.15) is 0 Å². The molecule has 1 aliphatic rings. The smallest absolute Gasteiger partial charge is 0.0994 e. The minimum absolute atomic E-state index is 0.582. The predicted octanol–water partition coefficient (Wildman–Crippen LogP) is 3.54. The van der Waals surface area contributed by atoms with Crippen LogP contribution in [0, 0.1) is 11.3 Å². The molecule has 0 aliphatic carbocycles. The van der Waals surface area contributed by atoms with Gasteiger partial charge in [-0.2, -0.15) is 5.26 Å². The minimum atomic E-state index is 0.582. The molecular weight excluding hydrogens is 220 g/mol. The zero-order chi connectivity index (χ0) is 12.8. The maximum Gasteiger partial charge on any atom is 0.0994 e. The molecule has 0 spiro atoms. The number of nitrogens with zero attached hydrogens (tertiary/aromatic N) is 2. The Balaban J connectivity index is 1.95. The van der Waals surface area contributed by atoms with E-state index in [1.807, 2.05) is 12.1 Å². The Bertz CT molecular complexity index is 411. The van der Waals surface area contributed by atoms with E-state index in [0.29, 0.717) is 5.92 Å². The molecular formula is C16H22N2. The van der Waals surface area contributed by atoms with Crippen molar-refractivity contribution in [2.45, 2.75) is 38.5 Å². The number of likely N-dealkylation sites (tertiary alicyclic amines) is 1. The molecule has 1 aliphatic heterocycles. The third kappa shape index (κ3) is 3.11. The molecule has 0 N–H and O–H groups in total. The summed E-state index contributed by atoms with van der Waals surface area (Å²) in [7, 11) is 0. The van der Waals surface area contributed by atoms with Crippen molar-refractivity contribution in [3.8, 4) is 6.07 Å². The summed E-state index contributed by atoms with van der Waals surface area (Å²) in [5.74, 6) is 0.582. The lowest BCUT2D eigenvalue weighted by atomic mass is 9.87. The maximum atomic E-state index is 9.16. The first kappa shape index (κ1) is 13.1. The summed E-state index contributed by atoms with van der Waals surface area (Å²) in [6, 6.07) is 10.4. The van der Waals surface area contributed by atoms with Crippen LogP contribution in [0.2, 0.25) is 0 Å². The van der Waals surface area contributed by atoms with E-state index in [1.165, 1.54) is 50.9 Å². The molecule has 1 saturated heterocycles. The molecule has 18 heavy (non-hydrogen) atoms. The lowest BCUT2D eigenvalue weighted by Crippen LogP contribution is -2.33. The number of unbranched alkanes of at least 4 members (excludes halogenated alkanes) is 1. The summed E-state index contributed by atoms with van der Waals surface area (Å²) in [4.78, 5) is 2.56. The van der Waals surface area contributed by atoms with Crippen LogP contribution in [0.3, 0.4) is 0 Å². The normalized spacial score (nSPS) is 17.6. The van der Waals surface area contributed by atoms with E-state index >= 15 is 0 Å². The second kappa shape index (κ2) is 6.56. The van der Waals surface area contributed by atoms with Crippen LogP contribution in [0.25, 0.3) is 0 Å². The molecule has 0 aromatic heterocycles. The van der Waals surface area contributed by atoms with Gasteiger partial charge in [0.25, 0.3) is 0 Å². The minimum Gasteiger partial charge on any atom is -0.303 e. The van der Waals surface area contributed by atoms with Crippen LogP contribution in [0.1, 0.15) is 49.7 Å². The average molecular weight is 242 g/mol. The Morgan fingerprint density at radius 1 is 1.28 bits per heavy atom. The molecule has 0 saturated carbocycles. The molecule has 2 rings (SSSR count). The van der Waals surface area contributed by atoms with Gasteiger partial charge in [0, 0.05) is 0 Å². The highest BCUT2D eigenvalue weighted by Gasteiger charge is 2.21. The van der Waals surface area contributed by atoms with Gasteiger partial charge >= 0.3 is 0 Å². The second-order valence-corrected chi connectivity index (χ2v) is 5.17. The zero-order valence-corrected chi connectivity index (χ0v) is 11.2. The third-order valence-electron chi connectivity index (χ3n) is 3.94. The van der Waals surface area contributed by atoms with Crippen molar-refractivity contribution in [3.05, 3.63) is 35.4 Å². The summed E-state index contributed by atoms with van der Waals surface area (Å²) in [6.45, 7) is 5.86. The van der Waals surface area contributed by atoms with E-state index in [2.05, 4.69) is 30.0 Å². The van der Waals surface area contributed by atoms with Crippen molar-refractivity contribution >= 4 is 0 Å². The van der Waals surface area contributed by atoms with Crippen LogP contribution in [-0.2, 0) is 0 Å². The van der Waals surface area contributed by atoms with Crippen LogP contribution < -0.4 is 0 Å². The van der Waals surface area contributed by atoms with Crippen molar-refractivity contribution in [1.29, 1.82) is 5.26 Å². The number of piperidine rings is 1. The summed E-state index contributed by atoms with van der Waals surface area (Å²) in [5.41, 5.74) is 2.12. The highest BCUT2D eigenvalue weighted by atomic mass is 15.1. The molecule has 96 valence electrons. The SMILES string of the molecule is CCCCN1CCC(c2ccccc2C#N)CC1. The Labute approximate surface area is 110 Å². The fourth-order valence-electron chi connectivity index (χ4n) is 2.80. The molecule has 0 atom stereocenters. The summed E-state index contributed by atoms with van der Waals surface area (Å²) >= 11 is 0. The van der Waals surface area contributed by atoms with Gasteiger partial charge in [-0.3, -0.25) is 0 Å². The van der Waals surface area contributed by atoms with Crippen molar-refractivity contribution < 1.29 is 0 Å². The Kier molecular flexibility index (Phi) is 4.78. The predicted molar refractivity (Wildman–Crippen MR) is 74.5 cm³/mol. The van der Waals surface area contributed by atoms with E-state index in [-0.39, 0.29) is 0 Å². The monoisotopic (exact) mass is 242 g/mol. The van der Waals surface area contributed by atoms with Gasteiger partial charge in [0.05, 0.1) is 11.6 Å². The summed E-state index contributed by atoms with van der Waals surface area (Å²) in [5, 5.41) is 9.16. The summed E-state index contributed by atoms with van der Waals surface area (Å²) < 4.78 is 0. The van der Waals surface area contributed by atoms with Crippen molar-refractivity contribution in [2.24, 2.45) is 0 Å². The molecule has 2 heteroatoms. The molecule has 0 bridgehead atoms. The number of nitriles is 1. The highest BCUT2D eigenvalue weighted by Crippen LogP contribution is 2.30. The first-order valence-electron chi connectivity index (χ1n) is 7.06. The van der Waals surface area contributed by atoms with Crippen LogP contribution in [0.15, 0.2) is 24.3 Å².